The second-order valence-corrected chi connectivity index (χ2v) is 6.67. The zero-order valence-electron chi connectivity index (χ0n) is 18.3. The normalized spacial score (nSPS) is 9.58. The monoisotopic (exact) mass is 454 g/mol. The topological polar surface area (TPSA) is 146 Å². The Morgan fingerprint density at radius 2 is 1.81 bits per heavy atom. The molecular formula is C21H31ClN4O5. The lowest BCUT2D eigenvalue weighted by Crippen LogP contribution is -2.39. The Hall–Kier alpha value is -3.07. The molecule has 1 heterocycles. The maximum atomic E-state index is 12.3. The van der Waals surface area contributed by atoms with Crippen molar-refractivity contribution in [3.8, 4) is 0 Å². The summed E-state index contributed by atoms with van der Waals surface area (Å²) in [6, 6.07) is 5.45. The van der Waals surface area contributed by atoms with E-state index in [1.165, 1.54) is 11.8 Å². The Labute approximate surface area is 186 Å². The van der Waals surface area contributed by atoms with Crippen LogP contribution in [0.3, 0.4) is 0 Å². The van der Waals surface area contributed by atoms with Crippen LogP contribution in [0.25, 0.3) is 10.9 Å². The number of aromatic nitrogens is 1. The number of hydrogen-bond donors (Lipinski definition) is 4. The van der Waals surface area contributed by atoms with Crippen molar-refractivity contribution in [3.05, 3.63) is 35.0 Å². The number of nitrogens with two attached hydrogens (primary N) is 1. The van der Waals surface area contributed by atoms with Crippen LogP contribution in [0.5, 0.6) is 0 Å². The van der Waals surface area contributed by atoms with Crippen molar-refractivity contribution in [1.29, 1.82) is 0 Å². The fourth-order valence-electron chi connectivity index (χ4n) is 2.47. The molecule has 5 N–H and O–H groups in total. The van der Waals surface area contributed by atoms with Crippen LogP contribution in [0.2, 0.25) is 5.02 Å². The van der Waals surface area contributed by atoms with Crippen molar-refractivity contribution in [2.24, 2.45) is 5.73 Å². The maximum absolute atomic E-state index is 12.3. The molecule has 0 spiro atoms. The molecule has 0 aliphatic carbocycles. The average Bonchev–Trinajstić information content (AvgIpc) is 3.12. The van der Waals surface area contributed by atoms with Crippen molar-refractivity contribution in [2.45, 2.75) is 40.0 Å². The Kier molecular flexibility index (Phi) is 13.4. The number of fused-ring (bicyclic) bond motifs is 1. The number of rotatable bonds is 8. The highest BCUT2D eigenvalue weighted by Crippen LogP contribution is 2.23. The summed E-state index contributed by atoms with van der Waals surface area (Å²) in [6.07, 6.45) is 2.17. The SMILES string of the molecule is CC.CNC(C)=O.NC(=O)CN(CCC(=O)O)C(=O)CCc1c[nH]c2ccc(Cl)cc12. The highest BCUT2D eigenvalue weighted by Gasteiger charge is 2.17. The number of aryl methyl sites for hydroxylation is 1. The molecular weight excluding hydrogens is 424 g/mol. The Balaban J connectivity index is 0.00000113. The van der Waals surface area contributed by atoms with Crippen LogP contribution in [0, 0.1) is 0 Å². The van der Waals surface area contributed by atoms with E-state index in [1.807, 2.05) is 32.2 Å². The third-order valence-corrected chi connectivity index (χ3v) is 4.22. The van der Waals surface area contributed by atoms with Gasteiger partial charge in [-0.15, -0.1) is 0 Å². The maximum Gasteiger partial charge on any atom is 0.305 e. The molecule has 9 nitrogen and oxygen atoms in total. The van der Waals surface area contributed by atoms with Crippen molar-refractivity contribution < 1.29 is 24.3 Å². The zero-order chi connectivity index (χ0) is 24.0. The van der Waals surface area contributed by atoms with Gasteiger partial charge >= 0.3 is 5.97 Å². The summed E-state index contributed by atoms with van der Waals surface area (Å²) < 4.78 is 0. The third kappa shape index (κ3) is 11.0. The van der Waals surface area contributed by atoms with E-state index in [1.54, 1.807) is 13.1 Å². The number of hydrogen-bond acceptors (Lipinski definition) is 4. The number of carbonyl (C=O) groups is 4. The minimum atomic E-state index is -1.04. The molecule has 172 valence electrons. The summed E-state index contributed by atoms with van der Waals surface area (Å²) in [7, 11) is 1.60. The van der Waals surface area contributed by atoms with Crippen LogP contribution in [0.15, 0.2) is 24.4 Å². The molecule has 3 amide bonds. The van der Waals surface area contributed by atoms with Crippen molar-refractivity contribution in [3.63, 3.8) is 0 Å². The van der Waals surface area contributed by atoms with Gasteiger partial charge in [-0.25, -0.2) is 0 Å². The smallest absolute Gasteiger partial charge is 0.305 e. The fraction of sp³-hybridized carbons (Fsp3) is 0.429. The van der Waals surface area contributed by atoms with E-state index >= 15 is 0 Å². The summed E-state index contributed by atoms with van der Waals surface area (Å²) in [6.45, 7) is 5.14. The summed E-state index contributed by atoms with van der Waals surface area (Å²) in [5, 5.41) is 12.7. The minimum absolute atomic E-state index is 0.00463. The number of primary amides is 1. The lowest BCUT2D eigenvalue weighted by Gasteiger charge is -2.20. The first-order valence-electron chi connectivity index (χ1n) is 9.85. The lowest BCUT2D eigenvalue weighted by atomic mass is 10.1. The van der Waals surface area contributed by atoms with Crippen LogP contribution in [-0.4, -0.2) is 58.8 Å². The number of carboxylic acids is 1. The summed E-state index contributed by atoms with van der Waals surface area (Å²) in [5.41, 5.74) is 6.97. The van der Waals surface area contributed by atoms with Crippen molar-refractivity contribution in [1.82, 2.24) is 15.2 Å². The molecule has 0 bridgehead atoms. The highest BCUT2D eigenvalue weighted by atomic mass is 35.5. The van der Waals surface area contributed by atoms with Gasteiger partial charge in [0, 0.05) is 49.1 Å². The highest BCUT2D eigenvalue weighted by molar-refractivity contribution is 6.31. The molecule has 0 atom stereocenters. The predicted octanol–water partition coefficient (Wildman–Crippen LogP) is 2.32. The first-order valence-corrected chi connectivity index (χ1v) is 10.2. The molecule has 2 aromatic rings. The summed E-state index contributed by atoms with van der Waals surface area (Å²) in [5.74, 6) is -2.02. The number of H-pyrrole nitrogens is 1. The number of carboxylic acid groups (broad SMARTS) is 1. The molecule has 10 heteroatoms. The standard InChI is InChI=1S/C16H18ClN3O4.C3H7NO.C2H6/c17-11-2-3-13-12(7-11)10(8-19-13)1-4-15(22)20(9-14(18)21)6-5-16(23)24;1-3(5)4-2;1-2/h2-3,7-8,19H,1,4-6,9H2,(H2,18,21)(H,23,24);1-2H3,(H,4,5);1-2H3. The number of aliphatic carboxylic acids is 1. The van der Waals surface area contributed by atoms with Crippen LogP contribution in [0.1, 0.15) is 39.2 Å². The van der Waals surface area contributed by atoms with Gasteiger partial charge in [0.05, 0.1) is 13.0 Å². The second kappa shape index (κ2) is 14.8. The molecule has 0 saturated carbocycles. The van der Waals surface area contributed by atoms with Crippen LogP contribution in [0.4, 0.5) is 0 Å². The molecule has 2 rings (SSSR count). The summed E-state index contributed by atoms with van der Waals surface area (Å²) in [4.78, 5) is 48.0. The first-order chi connectivity index (χ1) is 14.6. The molecule has 0 unspecified atom stereocenters. The van der Waals surface area contributed by atoms with Gasteiger partial charge in [0.15, 0.2) is 0 Å². The molecule has 0 saturated heterocycles. The molecule has 1 aromatic heterocycles. The number of carbonyl (C=O) groups excluding carboxylic acids is 3. The number of nitrogens with zero attached hydrogens (tertiary/aromatic N) is 1. The average molecular weight is 455 g/mol. The quantitative estimate of drug-likeness (QED) is 0.483. The van der Waals surface area contributed by atoms with Gasteiger partial charge in [0.2, 0.25) is 17.7 Å². The molecule has 1 aromatic carbocycles. The van der Waals surface area contributed by atoms with Crippen LogP contribution >= 0.6 is 11.6 Å². The number of halogens is 1. The van der Waals surface area contributed by atoms with Gasteiger partial charge in [-0.3, -0.25) is 19.2 Å². The first kappa shape index (κ1) is 27.9. The van der Waals surface area contributed by atoms with E-state index in [0.29, 0.717) is 11.4 Å². The molecule has 0 fully saturated rings. The van der Waals surface area contributed by atoms with Gasteiger partial charge in [0.1, 0.15) is 0 Å². The Bertz CT molecular complexity index is 882. The molecule has 0 aliphatic heterocycles. The van der Waals surface area contributed by atoms with Gasteiger partial charge < -0.3 is 26.0 Å². The summed E-state index contributed by atoms with van der Waals surface area (Å²) >= 11 is 5.99. The number of aromatic amines is 1. The van der Waals surface area contributed by atoms with Crippen molar-refractivity contribution >= 4 is 46.2 Å². The van der Waals surface area contributed by atoms with Crippen molar-refractivity contribution in [2.75, 3.05) is 20.1 Å². The third-order valence-electron chi connectivity index (χ3n) is 3.98. The van der Waals surface area contributed by atoms with E-state index in [2.05, 4.69) is 10.3 Å². The minimum Gasteiger partial charge on any atom is -0.481 e. The fourth-order valence-corrected chi connectivity index (χ4v) is 2.64. The number of nitrogens with one attached hydrogen (secondary N) is 2. The van der Waals surface area contributed by atoms with Crippen LogP contribution < -0.4 is 11.1 Å². The zero-order valence-corrected chi connectivity index (χ0v) is 19.1. The molecule has 31 heavy (non-hydrogen) atoms. The van der Waals surface area contributed by atoms with E-state index in [0.717, 1.165) is 16.5 Å². The largest absolute Gasteiger partial charge is 0.481 e. The van der Waals surface area contributed by atoms with Gasteiger partial charge in [-0.1, -0.05) is 25.4 Å². The lowest BCUT2D eigenvalue weighted by molar-refractivity contribution is -0.140. The molecule has 0 radical (unpaired) electrons. The number of amides is 3. The van der Waals surface area contributed by atoms with E-state index in [-0.39, 0.29) is 37.7 Å². The van der Waals surface area contributed by atoms with Gasteiger partial charge in [-0.05, 0) is 30.2 Å². The number of benzene rings is 1. The van der Waals surface area contributed by atoms with Crippen LogP contribution in [-0.2, 0) is 25.6 Å². The Morgan fingerprint density at radius 1 is 1.19 bits per heavy atom. The Morgan fingerprint density at radius 3 is 2.32 bits per heavy atom. The van der Waals surface area contributed by atoms with Gasteiger partial charge in [-0.2, -0.15) is 0 Å². The second-order valence-electron chi connectivity index (χ2n) is 6.24. The van der Waals surface area contributed by atoms with Gasteiger partial charge in [0.25, 0.3) is 0 Å². The molecule has 0 aliphatic rings. The van der Waals surface area contributed by atoms with E-state index in [4.69, 9.17) is 22.4 Å². The van der Waals surface area contributed by atoms with E-state index in [9.17, 15) is 19.2 Å². The predicted molar refractivity (Wildman–Crippen MR) is 121 cm³/mol. The van der Waals surface area contributed by atoms with E-state index < -0.39 is 11.9 Å².